The van der Waals surface area contributed by atoms with Gasteiger partial charge in [-0.1, -0.05) is 42.5 Å². The molecule has 3 rings (SSSR count). The molecule has 5 heteroatoms. The molecule has 0 spiro atoms. The SMILES string of the molecule is CCN(Cc1ccccc1)C(=O)CN(C)[C@@H](C)c1nc2ccccc2s1. The van der Waals surface area contributed by atoms with E-state index in [0.29, 0.717) is 19.6 Å². The lowest BCUT2D eigenvalue weighted by molar-refractivity contribution is -0.133. The Balaban J connectivity index is 1.65. The summed E-state index contributed by atoms with van der Waals surface area (Å²) in [7, 11) is 1.99. The summed E-state index contributed by atoms with van der Waals surface area (Å²) >= 11 is 1.70. The number of aromatic nitrogens is 1. The van der Waals surface area contributed by atoms with Crippen LogP contribution in [-0.4, -0.2) is 40.8 Å². The lowest BCUT2D eigenvalue weighted by Gasteiger charge is -2.27. The van der Waals surface area contributed by atoms with Gasteiger partial charge in [0.25, 0.3) is 0 Å². The Kier molecular flexibility index (Phi) is 6.01. The highest BCUT2D eigenvalue weighted by Crippen LogP contribution is 2.28. The fourth-order valence-corrected chi connectivity index (χ4v) is 3.97. The Morgan fingerprint density at radius 3 is 2.50 bits per heavy atom. The lowest BCUT2D eigenvalue weighted by Crippen LogP contribution is -2.39. The van der Waals surface area contributed by atoms with Crippen molar-refractivity contribution < 1.29 is 4.79 Å². The molecule has 1 heterocycles. The summed E-state index contributed by atoms with van der Waals surface area (Å²) in [6.07, 6.45) is 0. The van der Waals surface area contributed by atoms with Crippen LogP contribution in [0, 0.1) is 0 Å². The molecule has 0 saturated carbocycles. The Hall–Kier alpha value is -2.24. The quantitative estimate of drug-likeness (QED) is 0.623. The number of thiazole rings is 1. The summed E-state index contributed by atoms with van der Waals surface area (Å²) in [5.74, 6) is 0.145. The number of nitrogens with zero attached hydrogens (tertiary/aromatic N) is 3. The van der Waals surface area contributed by atoms with Crippen LogP contribution in [0.4, 0.5) is 0 Å². The summed E-state index contributed by atoms with van der Waals surface area (Å²) in [5, 5.41) is 1.05. The molecule has 0 aliphatic carbocycles. The summed E-state index contributed by atoms with van der Waals surface area (Å²) in [6, 6.07) is 18.4. The third-order valence-corrected chi connectivity index (χ3v) is 5.87. The number of fused-ring (bicyclic) bond motifs is 1. The first-order valence-electron chi connectivity index (χ1n) is 8.96. The third-order valence-electron chi connectivity index (χ3n) is 4.66. The van der Waals surface area contributed by atoms with E-state index >= 15 is 0 Å². The van der Waals surface area contributed by atoms with E-state index in [1.807, 2.05) is 55.3 Å². The summed E-state index contributed by atoms with van der Waals surface area (Å²) in [4.78, 5) is 21.5. The Morgan fingerprint density at radius 1 is 1.12 bits per heavy atom. The smallest absolute Gasteiger partial charge is 0.237 e. The number of para-hydroxylation sites is 1. The highest BCUT2D eigenvalue weighted by atomic mass is 32.1. The Labute approximate surface area is 159 Å². The zero-order chi connectivity index (χ0) is 18.5. The third kappa shape index (κ3) is 4.29. The van der Waals surface area contributed by atoms with E-state index in [4.69, 9.17) is 4.98 Å². The second-order valence-electron chi connectivity index (χ2n) is 6.50. The fourth-order valence-electron chi connectivity index (χ4n) is 2.89. The van der Waals surface area contributed by atoms with Gasteiger partial charge < -0.3 is 4.90 Å². The van der Waals surface area contributed by atoms with Gasteiger partial charge in [0.2, 0.25) is 5.91 Å². The zero-order valence-electron chi connectivity index (χ0n) is 15.6. The van der Waals surface area contributed by atoms with E-state index in [2.05, 4.69) is 30.0 Å². The topological polar surface area (TPSA) is 36.4 Å². The molecule has 0 fully saturated rings. The molecule has 136 valence electrons. The van der Waals surface area contributed by atoms with Crippen molar-refractivity contribution in [2.45, 2.75) is 26.4 Å². The van der Waals surface area contributed by atoms with Gasteiger partial charge in [-0.05, 0) is 38.6 Å². The molecule has 0 saturated heterocycles. The van der Waals surface area contributed by atoms with Gasteiger partial charge in [0, 0.05) is 13.1 Å². The summed E-state index contributed by atoms with van der Waals surface area (Å²) in [5.41, 5.74) is 2.18. The number of hydrogen-bond donors (Lipinski definition) is 0. The second kappa shape index (κ2) is 8.43. The van der Waals surface area contributed by atoms with E-state index in [1.54, 1.807) is 11.3 Å². The minimum atomic E-state index is 0.104. The number of benzene rings is 2. The zero-order valence-corrected chi connectivity index (χ0v) is 16.4. The number of rotatable bonds is 7. The van der Waals surface area contributed by atoms with Crippen LogP contribution in [0.5, 0.6) is 0 Å². The van der Waals surface area contributed by atoms with Crippen LogP contribution in [-0.2, 0) is 11.3 Å². The maximum absolute atomic E-state index is 12.8. The van der Waals surface area contributed by atoms with Crippen molar-refractivity contribution in [2.24, 2.45) is 0 Å². The average Bonchev–Trinajstić information content (AvgIpc) is 3.10. The van der Waals surface area contributed by atoms with E-state index in [9.17, 15) is 4.79 Å². The molecule has 0 bridgehead atoms. The van der Waals surface area contributed by atoms with Gasteiger partial charge in [0.15, 0.2) is 0 Å². The Bertz CT molecular complexity index is 829. The fraction of sp³-hybridized carbons (Fsp3) is 0.333. The van der Waals surface area contributed by atoms with Crippen LogP contribution in [0.2, 0.25) is 0 Å². The molecule has 0 aliphatic rings. The highest BCUT2D eigenvalue weighted by Gasteiger charge is 2.21. The molecule has 26 heavy (non-hydrogen) atoms. The molecule has 0 unspecified atom stereocenters. The van der Waals surface area contributed by atoms with Crippen molar-refractivity contribution in [3.63, 3.8) is 0 Å². The standard InChI is InChI=1S/C21H25N3OS/c1-4-24(14-17-10-6-5-7-11-17)20(25)15-23(3)16(2)21-22-18-12-8-9-13-19(18)26-21/h5-13,16H,4,14-15H2,1-3H3/t16-/m0/s1. The Morgan fingerprint density at radius 2 is 1.81 bits per heavy atom. The highest BCUT2D eigenvalue weighted by molar-refractivity contribution is 7.18. The molecule has 1 amide bonds. The van der Waals surface area contributed by atoms with Crippen LogP contribution in [0.1, 0.15) is 30.5 Å². The van der Waals surface area contributed by atoms with Gasteiger partial charge in [-0.25, -0.2) is 4.98 Å². The maximum atomic E-state index is 12.8. The maximum Gasteiger partial charge on any atom is 0.237 e. The minimum Gasteiger partial charge on any atom is -0.338 e. The predicted molar refractivity (Wildman–Crippen MR) is 108 cm³/mol. The van der Waals surface area contributed by atoms with Crippen LogP contribution in [0.3, 0.4) is 0 Å². The molecule has 1 aromatic heterocycles. The van der Waals surface area contributed by atoms with E-state index in [-0.39, 0.29) is 11.9 Å². The molecule has 4 nitrogen and oxygen atoms in total. The van der Waals surface area contributed by atoms with Gasteiger partial charge in [-0.2, -0.15) is 0 Å². The van der Waals surface area contributed by atoms with E-state index < -0.39 is 0 Å². The molecule has 2 aromatic carbocycles. The molecule has 1 atom stereocenters. The summed E-state index contributed by atoms with van der Waals surface area (Å²) < 4.78 is 1.19. The molecule has 3 aromatic rings. The monoisotopic (exact) mass is 367 g/mol. The second-order valence-corrected chi connectivity index (χ2v) is 7.57. The van der Waals surface area contributed by atoms with Crippen molar-refractivity contribution in [3.05, 3.63) is 65.2 Å². The van der Waals surface area contributed by atoms with Crippen molar-refractivity contribution in [2.75, 3.05) is 20.1 Å². The first-order chi connectivity index (χ1) is 12.6. The van der Waals surface area contributed by atoms with Gasteiger partial charge in [0.05, 0.1) is 22.8 Å². The molecule has 0 N–H and O–H groups in total. The van der Waals surface area contributed by atoms with Crippen molar-refractivity contribution in [1.29, 1.82) is 0 Å². The van der Waals surface area contributed by atoms with Crippen molar-refractivity contribution in [1.82, 2.24) is 14.8 Å². The molecular formula is C21H25N3OS. The lowest BCUT2D eigenvalue weighted by atomic mass is 10.2. The average molecular weight is 368 g/mol. The normalized spacial score (nSPS) is 12.5. The minimum absolute atomic E-state index is 0.104. The van der Waals surface area contributed by atoms with Crippen LogP contribution in [0.15, 0.2) is 54.6 Å². The van der Waals surface area contributed by atoms with Crippen LogP contribution < -0.4 is 0 Å². The number of amides is 1. The number of carbonyl (C=O) groups is 1. The largest absolute Gasteiger partial charge is 0.338 e. The van der Waals surface area contributed by atoms with E-state index in [1.165, 1.54) is 4.70 Å². The van der Waals surface area contributed by atoms with Gasteiger partial charge >= 0.3 is 0 Å². The number of carbonyl (C=O) groups excluding carboxylic acids is 1. The predicted octanol–water partition coefficient (Wildman–Crippen LogP) is 4.34. The molecule has 0 radical (unpaired) electrons. The first-order valence-corrected chi connectivity index (χ1v) is 9.77. The van der Waals surface area contributed by atoms with Crippen molar-refractivity contribution >= 4 is 27.5 Å². The molecular weight excluding hydrogens is 342 g/mol. The van der Waals surface area contributed by atoms with Gasteiger partial charge in [-0.15, -0.1) is 11.3 Å². The van der Waals surface area contributed by atoms with Gasteiger partial charge in [-0.3, -0.25) is 9.69 Å². The summed E-state index contributed by atoms with van der Waals surface area (Å²) in [6.45, 7) is 5.88. The number of likely N-dealkylation sites (N-methyl/N-ethyl adjacent to an activating group) is 2. The van der Waals surface area contributed by atoms with Crippen molar-refractivity contribution in [3.8, 4) is 0 Å². The van der Waals surface area contributed by atoms with Crippen LogP contribution >= 0.6 is 11.3 Å². The first kappa shape index (κ1) is 18.5. The van der Waals surface area contributed by atoms with Gasteiger partial charge in [0.1, 0.15) is 5.01 Å². The van der Waals surface area contributed by atoms with E-state index in [0.717, 1.165) is 16.1 Å². The molecule has 0 aliphatic heterocycles. The van der Waals surface area contributed by atoms with Crippen LogP contribution in [0.25, 0.3) is 10.2 Å². The number of hydrogen-bond acceptors (Lipinski definition) is 4.